The summed E-state index contributed by atoms with van der Waals surface area (Å²) in [6, 6.07) is 4.05. The van der Waals surface area contributed by atoms with Gasteiger partial charge < -0.3 is 19.9 Å². The van der Waals surface area contributed by atoms with Gasteiger partial charge in [-0.25, -0.2) is 9.97 Å². The van der Waals surface area contributed by atoms with Crippen LogP contribution in [0.3, 0.4) is 0 Å². The topological polar surface area (TPSA) is 70.6 Å². The summed E-state index contributed by atoms with van der Waals surface area (Å²) in [4.78, 5) is 26.9. The molecule has 0 aromatic carbocycles. The molecule has 2 aromatic rings. The highest BCUT2D eigenvalue weighted by atomic mass is 32.1. The van der Waals surface area contributed by atoms with Crippen LogP contribution in [0.4, 0.5) is 10.9 Å². The molecule has 4 heterocycles. The summed E-state index contributed by atoms with van der Waals surface area (Å²) >= 11 is 1.61. The summed E-state index contributed by atoms with van der Waals surface area (Å²) in [5, 5.41) is 4.18. The fourth-order valence-electron chi connectivity index (χ4n) is 4.51. The standard InChI is InChI=1S/C25H33N5O2S/c1-4-6-24(31)30-10-5-7-19(17-30)13-20-14-22(32-21-8-11-29(3)12-9-21)15-23(27-20)28-25-26-16-18(2)33-25/h14-16,19,21H,5,7-13,17H2,1-3H3,(H,26,27,28)/t19-/m1/s1. The van der Waals surface area contributed by atoms with E-state index in [9.17, 15) is 4.79 Å². The first kappa shape index (κ1) is 23.5. The highest BCUT2D eigenvalue weighted by Crippen LogP contribution is 2.28. The fraction of sp³-hybridized carbons (Fsp3) is 0.560. The number of amides is 1. The van der Waals surface area contributed by atoms with Gasteiger partial charge in [-0.3, -0.25) is 4.79 Å². The normalized spacial score (nSPS) is 19.6. The lowest BCUT2D eigenvalue weighted by atomic mass is 9.93. The van der Waals surface area contributed by atoms with E-state index in [1.165, 1.54) is 0 Å². The van der Waals surface area contributed by atoms with E-state index in [-0.39, 0.29) is 12.0 Å². The Morgan fingerprint density at radius 3 is 2.82 bits per heavy atom. The van der Waals surface area contributed by atoms with Gasteiger partial charge >= 0.3 is 0 Å². The van der Waals surface area contributed by atoms with Crippen molar-refractivity contribution < 1.29 is 9.53 Å². The van der Waals surface area contributed by atoms with Gasteiger partial charge in [-0.05, 0) is 64.8 Å². The lowest BCUT2D eigenvalue weighted by molar-refractivity contribution is -0.126. The maximum atomic E-state index is 12.3. The molecule has 2 fully saturated rings. The molecule has 0 bridgehead atoms. The van der Waals surface area contributed by atoms with Crippen LogP contribution >= 0.6 is 11.3 Å². The summed E-state index contributed by atoms with van der Waals surface area (Å²) in [5.74, 6) is 7.30. The van der Waals surface area contributed by atoms with Gasteiger partial charge in [-0.1, -0.05) is 5.92 Å². The van der Waals surface area contributed by atoms with E-state index in [1.54, 1.807) is 18.3 Å². The number of nitrogens with one attached hydrogen (secondary N) is 1. The highest BCUT2D eigenvalue weighted by molar-refractivity contribution is 7.15. The van der Waals surface area contributed by atoms with Crippen LogP contribution in [-0.4, -0.2) is 65.0 Å². The molecule has 176 valence electrons. The molecule has 0 unspecified atom stereocenters. The van der Waals surface area contributed by atoms with Crippen molar-refractivity contribution >= 4 is 28.2 Å². The number of hydrogen-bond acceptors (Lipinski definition) is 7. The van der Waals surface area contributed by atoms with Gasteiger partial charge in [0, 0.05) is 55.1 Å². The van der Waals surface area contributed by atoms with E-state index in [0.29, 0.717) is 5.92 Å². The Balaban J connectivity index is 1.50. The van der Waals surface area contributed by atoms with Crippen molar-refractivity contribution in [2.45, 2.75) is 52.1 Å². The Morgan fingerprint density at radius 1 is 1.27 bits per heavy atom. The fourth-order valence-corrected chi connectivity index (χ4v) is 5.18. The Hall–Kier alpha value is -2.63. The van der Waals surface area contributed by atoms with Crippen LogP contribution in [0.2, 0.25) is 0 Å². The molecule has 0 spiro atoms. The summed E-state index contributed by atoms with van der Waals surface area (Å²) in [6.07, 6.45) is 7.03. The molecule has 2 aliphatic rings. The molecule has 33 heavy (non-hydrogen) atoms. The second-order valence-corrected chi connectivity index (χ2v) is 10.3. The molecule has 0 radical (unpaired) electrons. The summed E-state index contributed by atoms with van der Waals surface area (Å²) in [6.45, 7) is 7.37. The number of carbonyl (C=O) groups is 1. The molecule has 2 aromatic heterocycles. The van der Waals surface area contributed by atoms with Crippen LogP contribution in [0.1, 0.15) is 43.2 Å². The van der Waals surface area contributed by atoms with Gasteiger partial charge in [-0.15, -0.1) is 11.3 Å². The lowest BCUT2D eigenvalue weighted by Gasteiger charge is -2.31. The maximum Gasteiger partial charge on any atom is 0.298 e. The number of likely N-dealkylation sites (tertiary alicyclic amines) is 2. The number of aromatic nitrogens is 2. The number of rotatable bonds is 6. The van der Waals surface area contributed by atoms with Crippen LogP contribution in [0.25, 0.3) is 0 Å². The second-order valence-electron chi connectivity index (χ2n) is 9.04. The molecule has 7 nitrogen and oxygen atoms in total. The molecular formula is C25H33N5O2S. The molecule has 4 rings (SSSR count). The first-order valence-corrected chi connectivity index (χ1v) is 12.6. The predicted molar refractivity (Wildman–Crippen MR) is 132 cm³/mol. The molecule has 0 aliphatic carbocycles. The van der Waals surface area contributed by atoms with Crippen molar-refractivity contribution in [3.8, 4) is 17.6 Å². The van der Waals surface area contributed by atoms with Crippen LogP contribution < -0.4 is 10.1 Å². The molecule has 2 saturated heterocycles. The van der Waals surface area contributed by atoms with Crippen molar-refractivity contribution in [3.63, 3.8) is 0 Å². The zero-order valence-electron chi connectivity index (χ0n) is 19.8. The molecule has 1 N–H and O–H groups in total. The average Bonchev–Trinajstić information content (AvgIpc) is 3.20. The van der Waals surface area contributed by atoms with E-state index in [4.69, 9.17) is 9.72 Å². The first-order valence-electron chi connectivity index (χ1n) is 11.8. The van der Waals surface area contributed by atoms with Crippen molar-refractivity contribution in [2.75, 3.05) is 38.5 Å². The zero-order chi connectivity index (χ0) is 23.2. The molecule has 8 heteroatoms. The summed E-state index contributed by atoms with van der Waals surface area (Å²) in [7, 11) is 2.16. The monoisotopic (exact) mass is 467 g/mol. The third-order valence-corrected chi connectivity index (χ3v) is 7.04. The number of aryl methyl sites for hydroxylation is 1. The Labute approximate surface area is 200 Å². The van der Waals surface area contributed by atoms with Gasteiger partial charge in [0.2, 0.25) is 0 Å². The van der Waals surface area contributed by atoms with E-state index >= 15 is 0 Å². The van der Waals surface area contributed by atoms with E-state index < -0.39 is 0 Å². The zero-order valence-corrected chi connectivity index (χ0v) is 20.6. The number of piperidine rings is 2. The smallest absolute Gasteiger partial charge is 0.298 e. The van der Waals surface area contributed by atoms with Crippen LogP contribution in [-0.2, 0) is 11.2 Å². The molecule has 1 amide bonds. The Morgan fingerprint density at radius 2 is 2.09 bits per heavy atom. The summed E-state index contributed by atoms with van der Waals surface area (Å²) in [5.41, 5.74) is 0.983. The second kappa shape index (κ2) is 11.0. The predicted octanol–water partition coefficient (Wildman–Crippen LogP) is 3.87. The SMILES string of the molecule is CC#CC(=O)N1CCC[C@H](Cc2cc(OC3CCN(C)CC3)cc(Nc3ncc(C)s3)n2)C1. The Bertz CT molecular complexity index is 1020. The van der Waals surface area contributed by atoms with Crippen LogP contribution in [0, 0.1) is 24.7 Å². The van der Waals surface area contributed by atoms with E-state index in [1.807, 2.05) is 24.1 Å². The van der Waals surface area contributed by atoms with Crippen molar-refractivity contribution in [3.05, 3.63) is 28.9 Å². The molecule has 0 saturated carbocycles. The van der Waals surface area contributed by atoms with Gasteiger partial charge in [0.05, 0.1) is 0 Å². The van der Waals surface area contributed by atoms with Crippen molar-refractivity contribution in [2.24, 2.45) is 5.92 Å². The molecule has 1 atom stereocenters. The minimum absolute atomic E-state index is 0.0731. The summed E-state index contributed by atoms with van der Waals surface area (Å²) < 4.78 is 6.40. The van der Waals surface area contributed by atoms with Gasteiger partial charge in [0.15, 0.2) is 5.13 Å². The molecular weight excluding hydrogens is 434 g/mol. The largest absolute Gasteiger partial charge is 0.490 e. The first-order chi connectivity index (χ1) is 16.0. The van der Waals surface area contributed by atoms with E-state index in [2.05, 4.69) is 40.2 Å². The number of thiazole rings is 1. The third kappa shape index (κ3) is 6.68. The van der Waals surface area contributed by atoms with Gasteiger partial charge in [0.1, 0.15) is 17.7 Å². The minimum Gasteiger partial charge on any atom is -0.490 e. The van der Waals surface area contributed by atoms with Crippen LogP contribution in [0.15, 0.2) is 18.3 Å². The van der Waals surface area contributed by atoms with Crippen LogP contribution in [0.5, 0.6) is 5.75 Å². The number of pyridine rings is 1. The third-order valence-electron chi connectivity index (χ3n) is 6.21. The average molecular weight is 468 g/mol. The Kier molecular flexibility index (Phi) is 7.84. The number of carbonyl (C=O) groups excluding carboxylic acids is 1. The lowest BCUT2D eigenvalue weighted by Crippen LogP contribution is -2.40. The number of nitrogens with zero attached hydrogens (tertiary/aromatic N) is 4. The van der Waals surface area contributed by atoms with Crippen molar-refractivity contribution in [1.82, 2.24) is 19.8 Å². The quantitative estimate of drug-likeness (QED) is 0.651. The highest BCUT2D eigenvalue weighted by Gasteiger charge is 2.24. The molecule has 2 aliphatic heterocycles. The van der Waals surface area contributed by atoms with Crippen molar-refractivity contribution in [1.29, 1.82) is 0 Å². The minimum atomic E-state index is -0.0731. The van der Waals surface area contributed by atoms with Gasteiger partial charge in [-0.2, -0.15) is 0 Å². The van der Waals surface area contributed by atoms with Gasteiger partial charge in [0.25, 0.3) is 5.91 Å². The number of anilines is 2. The maximum absolute atomic E-state index is 12.3. The number of hydrogen-bond donors (Lipinski definition) is 1. The van der Waals surface area contributed by atoms with E-state index in [0.717, 1.165) is 85.6 Å². The number of ether oxygens (including phenoxy) is 1.